The molecule has 0 radical (unpaired) electrons. The van der Waals surface area contributed by atoms with Gasteiger partial charge < -0.3 is 14.8 Å². The molecule has 1 aromatic rings. The lowest BCUT2D eigenvalue weighted by Gasteiger charge is -2.29. The molecule has 0 aliphatic carbocycles. The summed E-state index contributed by atoms with van der Waals surface area (Å²) in [6.45, 7) is 8.78. The highest BCUT2D eigenvalue weighted by molar-refractivity contribution is 9.10. The van der Waals surface area contributed by atoms with Gasteiger partial charge in [-0.25, -0.2) is 0 Å². The monoisotopic (exact) mass is 354 g/mol. The van der Waals surface area contributed by atoms with Crippen molar-refractivity contribution in [3.63, 3.8) is 0 Å². The predicted octanol–water partition coefficient (Wildman–Crippen LogP) is 2.19. The van der Waals surface area contributed by atoms with Crippen LogP contribution in [0.25, 0.3) is 0 Å². The Balaban J connectivity index is 1.55. The molecule has 3 rings (SSSR count). The van der Waals surface area contributed by atoms with E-state index in [4.69, 9.17) is 9.47 Å². The molecule has 5 heteroatoms. The van der Waals surface area contributed by atoms with Gasteiger partial charge in [-0.15, -0.1) is 0 Å². The second kappa shape index (κ2) is 7.09. The lowest BCUT2D eigenvalue weighted by Crippen LogP contribution is -2.44. The van der Waals surface area contributed by atoms with Crippen molar-refractivity contribution in [2.24, 2.45) is 0 Å². The summed E-state index contributed by atoms with van der Waals surface area (Å²) in [6, 6.07) is 4.79. The van der Waals surface area contributed by atoms with Gasteiger partial charge in [-0.1, -0.05) is 15.9 Å². The summed E-state index contributed by atoms with van der Waals surface area (Å²) in [4.78, 5) is 2.46. The molecule has 2 heterocycles. The van der Waals surface area contributed by atoms with E-state index in [1.807, 2.05) is 0 Å². The van der Waals surface area contributed by atoms with Crippen molar-refractivity contribution in [3.05, 3.63) is 27.7 Å². The standard InChI is InChI=1S/C16H23BrN2O2/c1-12(11-19-3-6-20-7-4-19)18-10-14-9-15(17)8-13-2-5-21-16(13)14/h8-9,12,18H,2-7,10-11H2,1H3. The summed E-state index contributed by atoms with van der Waals surface area (Å²) >= 11 is 3.60. The van der Waals surface area contributed by atoms with Crippen LogP contribution in [0.5, 0.6) is 5.75 Å². The van der Waals surface area contributed by atoms with E-state index in [9.17, 15) is 0 Å². The molecule has 0 amide bonds. The number of fused-ring (bicyclic) bond motifs is 1. The molecule has 2 aliphatic heterocycles. The zero-order chi connectivity index (χ0) is 14.7. The summed E-state index contributed by atoms with van der Waals surface area (Å²) in [5.74, 6) is 1.09. The van der Waals surface area contributed by atoms with E-state index in [0.29, 0.717) is 6.04 Å². The number of halogens is 1. The summed E-state index contributed by atoms with van der Waals surface area (Å²) < 4.78 is 12.3. The first kappa shape index (κ1) is 15.3. The number of hydrogen-bond acceptors (Lipinski definition) is 4. The average Bonchev–Trinajstić information content (AvgIpc) is 2.94. The molecular weight excluding hydrogens is 332 g/mol. The highest BCUT2D eigenvalue weighted by atomic mass is 79.9. The lowest BCUT2D eigenvalue weighted by atomic mass is 10.1. The minimum atomic E-state index is 0.458. The first-order valence-corrected chi connectivity index (χ1v) is 8.49. The van der Waals surface area contributed by atoms with Crippen LogP contribution < -0.4 is 10.1 Å². The summed E-state index contributed by atoms with van der Waals surface area (Å²) in [5, 5.41) is 3.62. The fraction of sp³-hybridized carbons (Fsp3) is 0.625. The molecule has 1 saturated heterocycles. The average molecular weight is 355 g/mol. The van der Waals surface area contributed by atoms with Crippen molar-refractivity contribution >= 4 is 15.9 Å². The minimum Gasteiger partial charge on any atom is -0.493 e. The quantitative estimate of drug-likeness (QED) is 0.878. The summed E-state index contributed by atoms with van der Waals surface area (Å²) in [5.41, 5.74) is 2.58. The molecule has 1 unspecified atom stereocenters. The molecule has 0 saturated carbocycles. The summed E-state index contributed by atoms with van der Waals surface area (Å²) in [7, 11) is 0. The van der Waals surface area contributed by atoms with Crippen LogP contribution in [0, 0.1) is 0 Å². The van der Waals surface area contributed by atoms with Crippen LogP contribution in [0.4, 0.5) is 0 Å². The Hall–Kier alpha value is -0.620. The lowest BCUT2D eigenvalue weighted by molar-refractivity contribution is 0.0343. The fourth-order valence-corrected chi connectivity index (χ4v) is 3.55. The van der Waals surface area contributed by atoms with Crippen molar-refractivity contribution < 1.29 is 9.47 Å². The maximum Gasteiger partial charge on any atom is 0.127 e. The van der Waals surface area contributed by atoms with E-state index in [1.54, 1.807) is 0 Å². The van der Waals surface area contributed by atoms with Crippen LogP contribution in [-0.2, 0) is 17.7 Å². The van der Waals surface area contributed by atoms with Gasteiger partial charge in [0.2, 0.25) is 0 Å². The van der Waals surface area contributed by atoms with Crippen LogP contribution in [0.2, 0.25) is 0 Å². The van der Waals surface area contributed by atoms with E-state index in [1.165, 1.54) is 11.1 Å². The van der Waals surface area contributed by atoms with Gasteiger partial charge in [-0.3, -0.25) is 4.90 Å². The van der Waals surface area contributed by atoms with Crippen LogP contribution in [0.1, 0.15) is 18.1 Å². The molecule has 0 aromatic heterocycles. The smallest absolute Gasteiger partial charge is 0.127 e. The van der Waals surface area contributed by atoms with Crippen molar-refractivity contribution in [1.82, 2.24) is 10.2 Å². The number of nitrogens with zero attached hydrogens (tertiary/aromatic N) is 1. The third kappa shape index (κ3) is 3.97. The van der Waals surface area contributed by atoms with Gasteiger partial charge in [0.05, 0.1) is 19.8 Å². The highest BCUT2D eigenvalue weighted by Gasteiger charge is 2.18. The van der Waals surface area contributed by atoms with Gasteiger partial charge in [0.1, 0.15) is 5.75 Å². The molecule has 1 aromatic carbocycles. The van der Waals surface area contributed by atoms with Crippen molar-refractivity contribution in [1.29, 1.82) is 0 Å². The van der Waals surface area contributed by atoms with Crippen LogP contribution in [0.15, 0.2) is 16.6 Å². The van der Waals surface area contributed by atoms with Gasteiger partial charge in [-0.05, 0) is 24.6 Å². The SMILES string of the molecule is CC(CN1CCOCC1)NCc1cc(Br)cc2c1OCC2. The zero-order valence-corrected chi connectivity index (χ0v) is 14.1. The largest absolute Gasteiger partial charge is 0.493 e. The highest BCUT2D eigenvalue weighted by Crippen LogP contribution is 2.32. The van der Waals surface area contributed by atoms with E-state index in [-0.39, 0.29) is 0 Å². The van der Waals surface area contributed by atoms with Gasteiger partial charge in [0.25, 0.3) is 0 Å². The van der Waals surface area contributed by atoms with Gasteiger partial charge in [0.15, 0.2) is 0 Å². The predicted molar refractivity (Wildman–Crippen MR) is 86.9 cm³/mol. The number of nitrogens with one attached hydrogen (secondary N) is 1. The topological polar surface area (TPSA) is 33.7 Å². The molecule has 1 atom stereocenters. The molecule has 1 fully saturated rings. The third-order valence-electron chi connectivity index (χ3n) is 4.10. The number of benzene rings is 1. The first-order chi connectivity index (χ1) is 10.2. The van der Waals surface area contributed by atoms with E-state index in [2.05, 4.69) is 45.2 Å². The second-order valence-electron chi connectivity index (χ2n) is 5.85. The number of morpholine rings is 1. The van der Waals surface area contributed by atoms with Gasteiger partial charge >= 0.3 is 0 Å². The second-order valence-corrected chi connectivity index (χ2v) is 6.76. The van der Waals surface area contributed by atoms with E-state index in [0.717, 1.165) is 62.6 Å². The minimum absolute atomic E-state index is 0.458. The molecule has 4 nitrogen and oxygen atoms in total. The Morgan fingerprint density at radius 1 is 1.29 bits per heavy atom. The fourth-order valence-electron chi connectivity index (χ4n) is 3.00. The zero-order valence-electron chi connectivity index (χ0n) is 12.5. The van der Waals surface area contributed by atoms with E-state index < -0.39 is 0 Å². The Bertz CT molecular complexity index is 489. The molecule has 21 heavy (non-hydrogen) atoms. The maximum absolute atomic E-state index is 5.78. The maximum atomic E-state index is 5.78. The molecule has 0 spiro atoms. The number of ether oxygens (including phenoxy) is 2. The Kier molecular flexibility index (Phi) is 5.16. The van der Waals surface area contributed by atoms with Crippen molar-refractivity contribution in [3.8, 4) is 5.75 Å². The molecule has 0 bridgehead atoms. The Morgan fingerprint density at radius 3 is 2.90 bits per heavy atom. The molecule has 2 aliphatic rings. The third-order valence-corrected chi connectivity index (χ3v) is 4.56. The van der Waals surface area contributed by atoms with Gasteiger partial charge in [0, 0.05) is 48.7 Å². The molecular formula is C16H23BrN2O2. The van der Waals surface area contributed by atoms with Gasteiger partial charge in [-0.2, -0.15) is 0 Å². The normalized spacial score (nSPS) is 20.1. The number of hydrogen-bond donors (Lipinski definition) is 1. The van der Waals surface area contributed by atoms with E-state index >= 15 is 0 Å². The van der Waals surface area contributed by atoms with Crippen LogP contribution >= 0.6 is 15.9 Å². The summed E-state index contributed by atoms with van der Waals surface area (Å²) in [6.07, 6.45) is 1.02. The van der Waals surface area contributed by atoms with Crippen LogP contribution in [-0.4, -0.2) is 50.4 Å². The number of rotatable bonds is 5. The molecule has 116 valence electrons. The Morgan fingerprint density at radius 2 is 2.10 bits per heavy atom. The van der Waals surface area contributed by atoms with Crippen molar-refractivity contribution in [2.75, 3.05) is 39.5 Å². The van der Waals surface area contributed by atoms with Crippen LogP contribution in [0.3, 0.4) is 0 Å². The molecule has 1 N–H and O–H groups in total. The van der Waals surface area contributed by atoms with Crippen molar-refractivity contribution in [2.45, 2.75) is 25.9 Å². The Labute approximate surface area is 134 Å². The first-order valence-electron chi connectivity index (χ1n) is 7.70.